The van der Waals surface area contributed by atoms with Gasteiger partial charge in [-0.2, -0.15) is 5.10 Å². The fourth-order valence-electron chi connectivity index (χ4n) is 2.72. The third-order valence-corrected chi connectivity index (χ3v) is 5.12. The molecular weight excluding hydrogens is 414 g/mol. The Labute approximate surface area is 173 Å². The van der Waals surface area contributed by atoms with Gasteiger partial charge in [0.25, 0.3) is 5.69 Å². The number of halogens is 1. The van der Waals surface area contributed by atoms with Crippen molar-refractivity contribution >= 4 is 58.1 Å². The minimum absolute atomic E-state index is 0.0344. The van der Waals surface area contributed by atoms with Gasteiger partial charge in [-0.05, 0) is 30.3 Å². The predicted molar refractivity (Wildman–Crippen MR) is 116 cm³/mol. The molecular formula is C19H12ClN5O3S. The number of rotatable bonds is 5. The van der Waals surface area contributed by atoms with Crippen LogP contribution in [0.25, 0.3) is 6.08 Å². The van der Waals surface area contributed by atoms with E-state index in [9.17, 15) is 14.9 Å². The van der Waals surface area contributed by atoms with Crippen LogP contribution >= 0.6 is 22.9 Å². The molecule has 0 saturated carbocycles. The van der Waals surface area contributed by atoms with E-state index in [-0.39, 0.29) is 10.6 Å². The maximum Gasteiger partial charge on any atom is 0.306 e. The van der Waals surface area contributed by atoms with Crippen molar-refractivity contribution in [2.45, 2.75) is 0 Å². The number of aromatic nitrogens is 1. The number of H-pyrrole nitrogens is 1. The lowest BCUT2D eigenvalue weighted by atomic mass is 10.0. The van der Waals surface area contributed by atoms with Crippen molar-refractivity contribution in [1.82, 2.24) is 4.98 Å². The van der Waals surface area contributed by atoms with Crippen LogP contribution in [0.3, 0.4) is 0 Å². The highest BCUT2D eigenvalue weighted by Gasteiger charge is 2.18. The molecule has 0 unspecified atom stereocenters. The van der Waals surface area contributed by atoms with Gasteiger partial charge in [-0.25, -0.2) is 0 Å². The molecule has 0 bridgehead atoms. The van der Waals surface area contributed by atoms with Gasteiger partial charge in [-0.15, -0.1) is 5.10 Å². The van der Waals surface area contributed by atoms with Crippen molar-refractivity contribution in [3.63, 3.8) is 0 Å². The maximum absolute atomic E-state index is 11.9. The van der Waals surface area contributed by atoms with Crippen LogP contribution in [-0.4, -0.2) is 21.8 Å². The van der Waals surface area contributed by atoms with E-state index in [0.717, 1.165) is 17.0 Å². The zero-order valence-electron chi connectivity index (χ0n) is 14.6. The molecule has 3 aromatic rings. The van der Waals surface area contributed by atoms with Crippen LogP contribution in [0.5, 0.6) is 0 Å². The van der Waals surface area contributed by atoms with Crippen molar-refractivity contribution < 1.29 is 4.92 Å². The summed E-state index contributed by atoms with van der Waals surface area (Å²) in [6, 6.07) is 13.2. The number of benzene rings is 2. The number of hydrogen-bond donors (Lipinski definition) is 2. The Morgan fingerprint density at radius 3 is 2.76 bits per heavy atom. The Morgan fingerprint density at radius 1 is 1.21 bits per heavy atom. The predicted octanol–water partition coefficient (Wildman–Crippen LogP) is 4.61. The Balaban J connectivity index is 1.67. The summed E-state index contributed by atoms with van der Waals surface area (Å²) < 4.78 is 0. The molecule has 144 valence electrons. The fourth-order valence-corrected chi connectivity index (χ4v) is 3.59. The van der Waals surface area contributed by atoms with Crippen molar-refractivity contribution in [3.05, 3.63) is 89.3 Å². The van der Waals surface area contributed by atoms with Gasteiger partial charge in [0, 0.05) is 34.0 Å². The summed E-state index contributed by atoms with van der Waals surface area (Å²) in [4.78, 5) is 25.7. The molecule has 1 aromatic heterocycles. The van der Waals surface area contributed by atoms with Crippen LogP contribution < -0.4 is 10.2 Å². The van der Waals surface area contributed by atoms with Crippen LogP contribution in [0, 0.1) is 10.1 Å². The third kappa shape index (κ3) is 4.15. The SMILES string of the molecule is O=c1[nH]c(Nc2ccc(Cl)cc2)c(C=C2C=NN=C2c2cccc([N+](=O)[O-])c2)s1. The van der Waals surface area contributed by atoms with Gasteiger partial charge >= 0.3 is 4.87 Å². The molecule has 0 radical (unpaired) electrons. The van der Waals surface area contributed by atoms with E-state index in [1.807, 2.05) is 0 Å². The van der Waals surface area contributed by atoms with Crippen LogP contribution in [0.2, 0.25) is 5.02 Å². The van der Waals surface area contributed by atoms with E-state index in [1.54, 1.807) is 48.7 Å². The Morgan fingerprint density at radius 2 is 2.00 bits per heavy atom. The number of anilines is 2. The lowest BCUT2D eigenvalue weighted by Gasteiger charge is -2.06. The molecule has 4 rings (SSSR count). The van der Waals surface area contributed by atoms with Crippen molar-refractivity contribution in [2.24, 2.45) is 10.2 Å². The van der Waals surface area contributed by atoms with E-state index in [1.165, 1.54) is 12.1 Å². The molecule has 0 spiro atoms. The average molecular weight is 426 g/mol. The highest BCUT2D eigenvalue weighted by atomic mass is 35.5. The number of thiazole rings is 1. The highest BCUT2D eigenvalue weighted by molar-refractivity contribution is 7.10. The second-order valence-corrected chi connectivity index (χ2v) is 7.44. The first-order valence-corrected chi connectivity index (χ1v) is 9.53. The van der Waals surface area contributed by atoms with Gasteiger partial charge in [-0.1, -0.05) is 35.1 Å². The van der Waals surface area contributed by atoms with E-state index in [2.05, 4.69) is 20.5 Å². The summed E-state index contributed by atoms with van der Waals surface area (Å²) >= 11 is 6.93. The standard InChI is InChI=1S/C19H12ClN5O3S/c20-13-4-6-14(7-5-13)22-18-16(29-19(26)23-18)9-12-10-21-24-17(12)11-2-1-3-15(8-11)25(27)28/h1-10,22H,(H,23,26). The van der Waals surface area contributed by atoms with Crippen LogP contribution in [-0.2, 0) is 0 Å². The Bertz CT molecular complexity index is 1240. The smallest absolute Gasteiger partial charge is 0.306 e. The maximum atomic E-state index is 11.9. The molecule has 8 nitrogen and oxygen atoms in total. The van der Waals surface area contributed by atoms with Crippen LogP contribution in [0.1, 0.15) is 10.4 Å². The first-order valence-electron chi connectivity index (χ1n) is 8.33. The molecule has 0 atom stereocenters. The van der Waals surface area contributed by atoms with Gasteiger partial charge < -0.3 is 5.32 Å². The van der Waals surface area contributed by atoms with Gasteiger partial charge in [0.2, 0.25) is 0 Å². The second kappa shape index (κ2) is 7.82. The first kappa shape index (κ1) is 18.8. The average Bonchev–Trinajstić information content (AvgIpc) is 3.30. The van der Waals surface area contributed by atoms with Crippen molar-refractivity contribution in [3.8, 4) is 0 Å². The summed E-state index contributed by atoms with van der Waals surface area (Å²) in [5, 5.41) is 22.8. The Hall–Kier alpha value is -3.56. The molecule has 0 amide bonds. The summed E-state index contributed by atoms with van der Waals surface area (Å²) in [7, 11) is 0. The zero-order chi connectivity index (χ0) is 20.4. The van der Waals surface area contributed by atoms with Gasteiger partial charge in [0.15, 0.2) is 0 Å². The Kier molecular flexibility index (Phi) is 5.07. The molecule has 0 saturated heterocycles. The number of nitrogens with one attached hydrogen (secondary N) is 2. The van der Waals surface area contributed by atoms with Gasteiger partial charge in [0.05, 0.1) is 16.0 Å². The van der Waals surface area contributed by atoms with Gasteiger partial charge in [0.1, 0.15) is 11.5 Å². The normalized spacial score (nSPS) is 14.2. The number of allylic oxidation sites excluding steroid dienone is 1. The molecule has 2 aromatic carbocycles. The third-order valence-electron chi connectivity index (χ3n) is 4.03. The molecule has 29 heavy (non-hydrogen) atoms. The van der Waals surface area contributed by atoms with E-state index in [4.69, 9.17) is 11.6 Å². The molecule has 1 aliphatic rings. The van der Waals surface area contributed by atoms with Crippen molar-refractivity contribution in [1.29, 1.82) is 0 Å². The largest absolute Gasteiger partial charge is 0.341 e. The molecule has 1 aliphatic heterocycles. The van der Waals surface area contributed by atoms with Crippen LogP contribution in [0.15, 0.2) is 69.1 Å². The topological polar surface area (TPSA) is 113 Å². The number of hydrogen-bond acceptors (Lipinski definition) is 7. The van der Waals surface area contributed by atoms with E-state index < -0.39 is 4.92 Å². The molecule has 10 heteroatoms. The first-order chi connectivity index (χ1) is 14.0. The lowest BCUT2D eigenvalue weighted by Crippen LogP contribution is -2.03. The van der Waals surface area contributed by atoms with Crippen molar-refractivity contribution in [2.75, 3.05) is 5.32 Å². The minimum Gasteiger partial charge on any atom is -0.341 e. The monoisotopic (exact) mass is 425 g/mol. The zero-order valence-corrected chi connectivity index (χ0v) is 16.2. The van der Waals surface area contributed by atoms with E-state index in [0.29, 0.717) is 32.6 Å². The fraction of sp³-hybridized carbons (Fsp3) is 0. The number of nitro groups is 1. The summed E-state index contributed by atoms with van der Waals surface area (Å²) in [5.74, 6) is 0.522. The number of aromatic amines is 1. The van der Waals surface area contributed by atoms with Crippen LogP contribution in [0.4, 0.5) is 17.2 Å². The highest BCUT2D eigenvalue weighted by Crippen LogP contribution is 2.26. The molecule has 0 fully saturated rings. The van der Waals surface area contributed by atoms with E-state index >= 15 is 0 Å². The summed E-state index contributed by atoms with van der Waals surface area (Å²) in [6.45, 7) is 0. The molecule has 0 aliphatic carbocycles. The number of nitrogens with zero attached hydrogens (tertiary/aromatic N) is 3. The lowest BCUT2D eigenvalue weighted by molar-refractivity contribution is -0.384. The summed E-state index contributed by atoms with van der Waals surface area (Å²) in [6.07, 6.45) is 3.30. The summed E-state index contributed by atoms with van der Waals surface area (Å²) in [5.41, 5.74) is 2.42. The number of non-ortho nitro benzene ring substituents is 1. The molecule has 2 N–H and O–H groups in total. The second-order valence-electron chi connectivity index (χ2n) is 5.99. The van der Waals surface area contributed by atoms with Gasteiger partial charge in [-0.3, -0.25) is 19.9 Å². The molecule has 2 heterocycles. The minimum atomic E-state index is -0.463. The quantitative estimate of drug-likeness (QED) is 0.458. The number of nitro benzene ring substituents is 1.